The average molecular weight is 349 g/mol. The summed E-state index contributed by atoms with van der Waals surface area (Å²) in [5.74, 6) is 8.35. The number of aromatic nitrogens is 2. The van der Waals surface area contributed by atoms with Crippen LogP contribution in [0.3, 0.4) is 0 Å². The van der Waals surface area contributed by atoms with Gasteiger partial charge in [0.2, 0.25) is 11.7 Å². The number of hydrogen-bond acceptors (Lipinski definition) is 4. The number of benzene rings is 1. The molecule has 1 aromatic heterocycles. The summed E-state index contributed by atoms with van der Waals surface area (Å²) in [5, 5.41) is 11.8. The molecule has 6 nitrogen and oxygen atoms in total. The van der Waals surface area contributed by atoms with Crippen LogP contribution in [0.4, 0.5) is 0 Å². The molecule has 2 heterocycles. The molecule has 1 aromatic carbocycles. The largest absolute Gasteiger partial charge is 0.370 e. The molecule has 26 heavy (non-hydrogen) atoms. The highest BCUT2D eigenvalue weighted by atomic mass is 16.5. The van der Waals surface area contributed by atoms with Crippen LogP contribution in [0.25, 0.3) is 11.4 Å². The van der Waals surface area contributed by atoms with Gasteiger partial charge in [0, 0.05) is 23.6 Å². The highest BCUT2D eigenvalue weighted by Gasteiger charge is 2.31. The smallest absolute Gasteiger partial charge is 0.249 e. The Balaban J connectivity index is 1.48. The van der Waals surface area contributed by atoms with E-state index < -0.39 is 0 Å². The molecule has 3 N–H and O–H groups in total. The van der Waals surface area contributed by atoms with Gasteiger partial charge in [-0.3, -0.25) is 5.41 Å². The molecule has 2 aromatic rings. The Labute approximate surface area is 153 Å². The van der Waals surface area contributed by atoms with Gasteiger partial charge >= 0.3 is 0 Å². The van der Waals surface area contributed by atoms with Crippen LogP contribution in [0.5, 0.6) is 0 Å². The Morgan fingerprint density at radius 3 is 2.65 bits per heavy atom. The van der Waals surface area contributed by atoms with E-state index in [1.807, 2.05) is 24.3 Å². The van der Waals surface area contributed by atoms with Gasteiger partial charge in [-0.2, -0.15) is 4.98 Å². The van der Waals surface area contributed by atoms with E-state index in [0.717, 1.165) is 30.5 Å². The minimum atomic E-state index is -0.0923. The van der Waals surface area contributed by atoms with Crippen LogP contribution in [-0.2, 0) is 0 Å². The van der Waals surface area contributed by atoms with Gasteiger partial charge in [0.15, 0.2) is 5.96 Å². The lowest BCUT2D eigenvalue weighted by Crippen LogP contribution is -2.35. The van der Waals surface area contributed by atoms with E-state index in [1.54, 1.807) is 4.90 Å². The minimum Gasteiger partial charge on any atom is -0.370 e. The first-order valence-electron chi connectivity index (χ1n) is 9.27. The normalized spacial score (nSPS) is 20.2. The molecular weight excluding hydrogens is 326 g/mol. The van der Waals surface area contributed by atoms with Gasteiger partial charge in [-0.15, -0.1) is 0 Å². The van der Waals surface area contributed by atoms with Crippen molar-refractivity contribution in [2.45, 2.75) is 44.6 Å². The lowest BCUT2D eigenvalue weighted by atomic mass is 10.1. The second-order valence-corrected chi connectivity index (χ2v) is 7.02. The highest BCUT2D eigenvalue weighted by Crippen LogP contribution is 2.31. The molecule has 1 atom stereocenters. The third-order valence-corrected chi connectivity index (χ3v) is 5.21. The van der Waals surface area contributed by atoms with E-state index in [1.165, 1.54) is 25.7 Å². The Morgan fingerprint density at radius 2 is 1.92 bits per heavy atom. The van der Waals surface area contributed by atoms with Crippen LogP contribution in [0.15, 0.2) is 28.8 Å². The van der Waals surface area contributed by atoms with Crippen molar-refractivity contribution < 1.29 is 4.52 Å². The standard InChI is InChI=1S/C20H23N5O/c21-20(22)25-13-3-6-17(25)19-23-18(24-26-19)16-11-9-15(10-12-16)8-7-14-4-1-2-5-14/h9-12,14,17H,1-6,13H2,(H3,21,22). The summed E-state index contributed by atoms with van der Waals surface area (Å²) in [6.07, 6.45) is 6.92. The fourth-order valence-corrected chi connectivity index (χ4v) is 3.76. The van der Waals surface area contributed by atoms with Gasteiger partial charge in [0.1, 0.15) is 6.04 Å². The minimum absolute atomic E-state index is 0.0532. The lowest BCUT2D eigenvalue weighted by molar-refractivity contribution is 0.283. The Bertz CT molecular complexity index is 839. The van der Waals surface area contributed by atoms with Crippen LogP contribution >= 0.6 is 0 Å². The van der Waals surface area contributed by atoms with Crippen molar-refractivity contribution in [2.24, 2.45) is 11.7 Å². The molecule has 0 bridgehead atoms. The first-order valence-corrected chi connectivity index (χ1v) is 9.27. The third kappa shape index (κ3) is 3.43. The molecule has 6 heteroatoms. The monoisotopic (exact) mass is 349 g/mol. The lowest BCUT2D eigenvalue weighted by Gasteiger charge is -2.21. The zero-order chi connectivity index (χ0) is 17.9. The predicted octanol–water partition coefficient (Wildman–Crippen LogP) is 3.31. The maximum atomic E-state index is 7.67. The van der Waals surface area contributed by atoms with Gasteiger partial charge < -0.3 is 15.2 Å². The van der Waals surface area contributed by atoms with Crippen LogP contribution in [-0.4, -0.2) is 27.5 Å². The molecule has 1 saturated heterocycles. The number of likely N-dealkylation sites (tertiary alicyclic amines) is 1. The number of hydrogen-bond donors (Lipinski definition) is 2. The number of nitrogens with one attached hydrogen (secondary N) is 1. The second-order valence-electron chi connectivity index (χ2n) is 7.02. The number of guanidine groups is 1. The van der Waals surface area contributed by atoms with Crippen LogP contribution in [0, 0.1) is 23.2 Å². The van der Waals surface area contributed by atoms with E-state index in [0.29, 0.717) is 17.6 Å². The van der Waals surface area contributed by atoms with Crippen molar-refractivity contribution in [1.82, 2.24) is 15.0 Å². The van der Waals surface area contributed by atoms with Gasteiger partial charge in [-0.05, 0) is 49.9 Å². The fourth-order valence-electron chi connectivity index (χ4n) is 3.76. The molecule has 0 radical (unpaired) electrons. The molecule has 134 valence electrons. The van der Waals surface area contributed by atoms with Crippen molar-refractivity contribution in [3.63, 3.8) is 0 Å². The predicted molar refractivity (Wildman–Crippen MR) is 99.2 cm³/mol. The molecule has 1 unspecified atom stereocenters. The molecule has 1 aliphatic carbocycles. The maximum absolute atomic E-state index is 7.67. The summed E-state index contributed by atoms with van der Waals surface area (Å²) in [6.45, 7) is 0.756. The highest BCUT2D eigenvalue weighted by molar-refractivity contribution is 5.75. The van der Waals surface area contributed by atoms with Gasteiger partial charge in [-0.1, -0.05) is 29.8 Å². The summed E-state index contributed by atoms with van der Waals surface area (Å²) in [7, 11) is 0. The average Bonchev–Trinajstić information content (AvgIpc) is 3.41. The van der Waals surface area contributed by atoms with E-state index >= 15 is 0 Å². The fraction of sp³-hybridized carbons (Fsp3) is 0.450. The summed E-state index contributed by atoms with van der Waals surface area (Å²) in [6, 6.07) is 7.87. The zero-order valence-electron chi connectivity index (χ0n) is 14.7. The quantitative estimate of drug-likeness (QED) is 0.493. The van der Waals surface area contributed by atoms with Gasteiger partial charge in [0.25, 0.3) is 0 Å². The molecule has 2 fully saturated rings. The van der Waals surface area contributed by atoms with Crippen molar-refractivity contribution in [2.75, 3.05) is 6.54 Å². The first kappa shape index (κ1) is 16.6. The first-order chi connectivity index (χ1) is 12.7. The van der Waals surface area contributed by atoms with Gasteiger partial charge in [0.05, 0.1) is 0 Å². The van der Waals surface area contributed by atoms with Gasteiger partial charge in [-0.25, -0.2) is 0 Å². The van der Waals surface area contributed by atoms with Crippen molar-refractivity contribution in [1.29, 1.82) is 5.41 Å². The van der Waals surface area contributed by atoms with Crippen LogP contribution < -0.4 is 5.73 Å². The van der Waals surface area contributed by atoms with Crippen molar-refractivity contribution in [3.05, 3.63) is 35.7 Å². The number of nitrogens with two attached hydrogens (primary N) is 1. The Kier molecular flexibility index (Phi) is 4.61. The van der Waals surface area contributed by atoms with Crippen molar-refractivity contribution in [3.8, 4) is 23.2 Å². The topological polar surface area (TPSA) is 92.0 Å². The molecule has 2 aliphatic rings. The van der Waals surface area contributed by atoms with E-state index in [2.05, 4.69) is 22.0 Å². The van der Waals surface area contributed by atoms with Crippen molar-refractivity contribution >= 4 is 5.96 Å². The molecule has 4 rings (SSSR count). The Hall–Kier alpha value is -2.81. The van der Waals surface area contributed by atoms with Crippen LogP contribution in [0.1, 0.15) is 56.0 Å². The third-order valence-electron chi connectivity index (χ3n) is 5.21. The molecule has 1 saturated carbocycles. The van der Waals surface area contributed by atoms with E-state index in [4.69, 9.17) is 15.7 Å². The summed E-state index contributed by atoms with van der Waals surface area (Å²) in [4.78, 5) is 6.33. The summed E-state index contributed by atoms with van der Waals surface area (Å²) in [5.41, 5.74) is 7.56. The SMILES string of the molecule is N=C(N)N1CCCC1c1nc(-c2ccc(C#CC3CCCC3)cc2)no1. The molecule has 0 amide bonds. The molecule has 1 aliphatic heterocycles. The van der Waals surface area contributed by atoms with Crippen LogP contribution in [0.2, 0.25) is 0 Å². The number of nitrogens with zero attached hydrogens (tertiary/aromatic N) is 3. The summed E-state index contributed by atoms with van der Waals surface area (Å²) < 4.78 is 5.45. The second kappa shape index (κ2) is 7.20. The maximum Gasteiger partial charge on any atom is 0.249 e. The zero-order valence-corrected chi connectivity index (χ0v) is 14.7. The van der Waals surface area contributed by atoms with E-state index in [-0.39, 0.29) is 12.0 Å². The molecule has 0 spiro atoms. The Morgan fingerprint density at radius 1 is 1.15 bits per heavy atom. The molecular formula is C20H23N5O. The summed E-state index contributed by atoms with van der Waals surface area (Å²) >= 11 is 0. The van der Waals surface area contributed by atoms with E-state index in [9.17, 15) is 0 Å². The number of rotatable bonds is 2.